The van der Waals surface area contributed by atoms with Gasteiger partial charge >= 0.3 is 0 Å². The number of nitrogens with zero attached hydrogens (tertiary/aromatic N) is 1. The van der Waals surface area contributed by atoms with Gasteiger partial charge in [0.1, 0.15) is 10.5 Å². The van der Waals surface area contributed by atoms with E-state index in [1.54, 1.807) is 12.1 Å². The van der Waals surface area contributed by atoms with E-state index in [0.29, 0.717) is 14.7 Å². The Labute approximate surface area is 115 Å². The lowest BCUT2D eigenvalue weighted by Gasteiger charge is -2.07. The second-order valence-electron chi connectivity index (χ2n) is 3.53. The molecule has 2 nitrogen and oxygen atoms in total. The SMILES string of the molecule is CCc1nc(=S)cc(-c2cccc(Cl)c2Cl)[nH]1. The summed E-state index contributed by atoms with van der Waals surface area (Å²) < 4.78 is 0.548. The van der Waals surface area contributed by atoms with E-state index >= 15 is 0 Å². The van der Waals surface area contributed by atoms with E-state index < -0.39 is 0 Å². The number of H-pyrrole nitrogens is 1. The standard InChI is InChI=1S/C12H10Cl2N2S/c1-2-10-15-9(6-11(17)16-10)7-4-3-5-8(13)12(7)14/h3-6H,2H2,1H3,(H,15,16,17). The molecule has 0 saturated heterocycles. The molecule has 2 rings (SSSR count). The average Bonchev–Trinajstić information content (AvgIpc) is 2.31. The molecule has 1 aromatic carbocycles. The molecule has 0 aliphatic carbocycles. The Bertz CT molecular complexity index is 608. The topological polar surface area (TPSA) is 28.7 Å². The summed E-state index contributed by atoms with van der Waals surface area (Å²) >= 11 is 17.3. The molecule has 0 aliphatic rings. The van der Waals surface area contributed by atoms with E-state index in [1.807, 2.05) is 19.1 Å². The number of rotatable bonds is 2. The Morgan fingerprint density at radius 2 is 2.12 bits per heavy atom. The molecule has 1 N–H and O–H groups in total. The summed E-state index contributed by atoms with van der Waals surface area (Å²) in [5.41, 5.74) is 1.68. The Balaban J connectivity index is 2.64. The molecule has 0 aliphatic heterocycles. The number of aryl methyl sites for hydroxylation is 1. The van der Waals surface area contributed by atoms with Crippen LogP contribution in [-0.4, -0.2) is 9.97 Å². The summed E-state index contributed by atoms with van der Waals surface area (Å²) in [6, 6.07) is 7.29. The highest BCUT2D eigenvalue weighted by atomic mass is 35.5. The van der Waals surface area contributed by atoms with Gasteiger partial charge in [-0.25, -0.2) is 4.98 Å². The minimum absolute atomic E-state index is 0.521. The molecular formula is C12H10Cl2N2S. The van der Waals surface area contributed by atoms with Crippen LogP contribution >= 0.6 is 35.4 Å². The third-order valence-electron chi connectivity index (χ3n) is 2.37. The molecule has 17 heavy (non-hydrogen) atoms. The third kappa shape index (κ3) is 2.68. The van der Waals surface area contributed by atoms with Crippen molar-refractivity contribution in [3.63, 3.8) is 0 Å². The number of benzene rings is 1. The lowest BCUT2D eigenvalue weighted by Crippen LogP contribution is -1.95. The fourth-order valence-corrected chi connectivity index (χ4v) is 2.16. The predicted molar refractivity (Wildman–Crippen MR) is 74.3 cm³/mol. The van der Waals surface area contributed by atoms with Crippen molar-refractivity contribution in [1.29, 1.82) is 0 Å². The highest BCUT2D eigenvalue weighted by molar-refractivity contribution is 7.71. The Kier molecular flexibility index (Phi) is 3.82. The Morgan fingerprint density at radius 1 is 1.35 bits per heavy atom. The highest BCUT2D eigenvalue weighted by Gasteiger charge is 2.08. The minimum atomic E-state index is 0.521. The zero-order valence-electron chi connectivity index (χ0n) is 9.13. The van der Waals surface area contributed by atoms with Gasteiger partial charge in [-0.1, -0.05) is 54.5 Å². The molecular weight excluding hydrogens is 275 g/mol. The number of aromatic amines is 1. The summed E-state index contributed by atoms with van der Waals surface area (Å²) in [5, 5.41) is 1.05. The molecule has 0 atom stereocenters. The number of halogens is 2. The second-order valence-corrected chi connectivity index (χ2v) is 4.74. The van der Waals surface area contributed by atoms with Crippen LogP contribution in [0, 0.1) is 4.64 Å². The van der Waals surface area contributed by atoms with Gasteiger partial charge in [0.15, 0.2) is 0 Å². The van der Waals surface area contributed by atoms with Crippen molar-refractivity contribution < 1.29 is 0 Å². The molecule has 1 heterocycles. The molecule has 0 spiro atoms. The van der Waals surface area contributed by atoms with Gasteiger partial charge in [0, 0.05) is 12.0 Å². The molecule has 0 saturated carbocycles. The van der Waals surface area contributed by atoms with Crippen molar-refractivity contribution in [3.05, 3.63) is 44.8 Å². The number of aromatic nitrogens is 2. The van der Waals surface area contributed by atoms with E-state index in [9.17, 15) is 0 Å². The molecule has 0 unspecified atom stereocenters. The van der Waals surface area contributed by atoms with Crippen molar-refractivity contribution in [2.45, 2.75) is 13.3 Å². The lowest BCUT2D eigenvalue weighted by molar-refractivity contribution is 0.936. The van der Waals surface area contributed by atoms with Crippen LogP contribution in [0.4, 0.5) is 0 Å². The van der Waals surface area contributed by atoms with Crippen LogP contribution in [0.15, 0.2) is 24.3 Å². The van der Waals surface area contributed by atoms with Gasteiger partial charge in [-0.3, -0.25) is 0 Å². The van der Waals surface area contributed by atoms with Crippen LogP contribution in [0.1, 0.15) is 12.7 Å². The van der Waals surface area contributed by atoms with Gasteiger partial charge in [-0.05, 0) is 12.1 Å². The van der Waals surface area contributed by atoms with Crippen molar-refractivity contribution in [3.8, 4) is 11.3 Å². The maximum absolute atomic E-state index is 6.17. The quantitative estimate of drug-likeness (QED) is 0.812. The molecule has 1 aromatic heterocycles. The molecule has 5 heteroatoms. The van der Waals surface area contributed by atoms with Gasteiger partial charge < -0.3 is 4.98 Å². The molecule has 0 amide bonds. The van der Waals surface area contributed by atoms with Gasteiger partial charge in [0.2, 0.25) is 0 Å². The molecule has 0 fully saturated rings. The fourth-order valence-electron chi connectivity index (χ4n) is 1.53. The minimum Gasteiger partial charge on any atom is -0.343 e. The van der Waals surface area contributed by atoms with Gasteiger partial charge in [-0.15, -0.1) is 0 Å². The Morgan fingerprint density at radius 3 is 2.82 bits per heavy atom. The molecule has 88 valence electrons. The lowest BCUT2D eigenvalue weighted by atomic mass is 10.1. The first-order valence-electron chi connectivity index (χ1n) is 5.16. The second kappa shape index (κ2) is 5.17. The van der Waals surface area contributed by atoms with Gasteiger partial charge in [-0.2, -0.15) is 0 Å². The smallest absolute Gasteiger partial charge is 0.130 e. The van der Waals surface area contributed by atoms with Crippen LogP contribution in [0.2, 0.25) is 10.0 Å². The van der Waals surface area contributed by atoms with Crippen molar-refractivity contribution >= 4 is 35.4 Å². The predicted octanol–water partition coefficient (Wildman–Crippen LogP) is 4.68. The average molecular weight is 285 g/mol. The van der Waals surface area contributed by atoms with Gasteiger partial charge in [0.25, 0.3) is 0 Å². The zero-order valence-corrected chi connectivity index (χ0v) is 11.5. The van der Waals surface area contributed by atoms with Crippen LogP contribution < -0.4 is 0 Å². The highest BCUT2D eigenvalue weighted by Crippen LogP contribution is 2.32. The van der Waals surface area contributed by atoms with Crippen LogP contribution in [-0.2, 0) is 6.42 Å². The summed E-state index contributed by atoms with van der Waals surface area (Å²) in [6.45, 7) is 2.01. The number of hydrogen-bond donors (Lipinski definition) is 1. The number of hydrogen-bond acceptors (Lipinski definition) is 2. The summed E-state index contributed by atoms with van der Waals surface area (Å²) in [6.07, 6.45) is 0.787. The summed E-state index contributed by atoms with van der Waals surface area (Å²) in [7, 11) is 0. The maximum atomic E-state index is 6.17. The third-order valence-corrected chi connectivity index (χ3v) is 3.40. The zero-order chi connectivity index (χ0) is 12.4. The van der Waals surface area contributed by atoms with E-state index in [-0.39, 0.29) is 0 Å². The van der Waals surface area contributed by atoms with Crippen LogP contribution in [0.3, 0.4) is 0 Å². The van der Waals surface area contributed by atoms with Crippen molar-refractivity contribution in [2.75, 3.05) is 0 Å². The molecule has 0 bridgehead atoms. The van der Waals surface area contributed by atoms with E-state index in [4.69, 9.17) is 35.4 Å². The van der Waals surface area contributed by atoms with E-state index in [0.717, 1.165) is 23.5 Å². The normalized spacial score (nSPS) is 10.5. The first-order chi connectivity index (χ1) is 8.11. The van der Waals surface area contributed by atoms with E-state index in [1.165, 1.54) is 0 Å². The summed E-state index contributed by atoms with van der Waals surface area (Å²) in [4.78, 5) is 7.41. The first kappa shape index (κ1) is 12.6. The molecule has 0 radical (unpaired) electrons. The van der Waals surface area contributed by atoms with Crippen LogP contribution in [0.25, 0.3) is 11.3 Å². The largest absolute Gasteiger partial charge is 0.343 e. The van der Waals surface area contributed by atoms with Crippen LogP contribution in [0.5, 0.6) is 0 Å². The van der Waals surface area contributed by atoms with Gasteiger partial charge in [0.05, 0.1) is 15.7 Å². The summed E-state index contributed by atoms with van der Waals surface area (Å²) in [5.74, 6) is 0.837. The first-order valence-corrected chi connectivity index (χ1v) is 6.33. The monoisotopic (exact) mass is 284 g/mol. The Hall–Kier alpha value is -0.900. The fraction of sp³-hybridized carbons (Fsp3) is 0.167. The van der Waals surface area contributed by atoms with Crippen molar-refractivity contribution in [1.82, 2.24) is 9.97 Å². The number of nitrogens with one attached hydrogen (secondary N) is 1. The maximum Gasteiger partial charge on any atom is 0.130 e. The van der Waals surface area contributed by atoms with Crippen molar-refractivity contribution in [2.24, 2.45) is 0 Å². The van der Waals surface area contributed by atoms with E-state index in [2.05, 4.69) is 9.97 Å². The molecule has 2 aromatic rings.